The molecule has 3 aromatic rings. The highest BCUT2D eigenvalue weighted by atomic mass is 32.1. The molecule has 3 heterocycles. The average Bonchev–Trinajstić information content (AvgIpc) is 3.19. The SMILES string of the molecule is c1ccc(CN2CCO[C@H](CNCc3csc(-c4ncccn4)n3)C2)cc1. The van der Waals surface area contributed by atoms with Crippen molar-refractivity contribution in [3.63, 3.8) is 0 Å². The first kappa shape index (κ1) is 18.2. The maximum absolute atomic E-state index is 5.92. The molecule has 0 amide bonds. The summed E-state index contributed by atoms with van der Waals surface area (Å²) in [6.45, 7) is 5.24. The molecule has 1 aromatic carbocycles. The maximum Gasteiger partial charge on any atom is 0.188 e. The van der Waals surface area contributed by atoms with E-state index >= 15 is 0 Å². The van der Waals surface area contributed by atoms with Gasteiger partial charge in [-0.25, -0.2) is 15.0 Å². The van der Waals surface area contributed by atoms with Crippen molar-refractivity contribution in [2.45, 2.75) is 19.2 Å². The Labute approximate surface area is 163 Å². The Bertz CT molecular complexity index is 827. The van der Waals surface area contributed by atoms with Crippen LogP contribution in [0.1, 0.15) is 11.3 Å². The fourth-order valence-electron chi connectivity index (χ4n) is 3.15. The molecule has 0 aliphatic carbocycles. The quantitative estimate of drug-likeness (QED) is 0.679. The second-order valence-corrected chi connectivity index (χ2v) is 7.42. The highest BCUT2D eigenvalue weighted by Crippen LogP contribution is 2.19. The Morgan fingerprint density at radius 3 is 2.85 bits per heavy atom. The van der Waals surface area contributed by atoms with Gasteiger partial charge in [-0.1, -0.05) is 30.3 Å². The number of nitrogens with one attached hydrogen (secondary N) is 1. The normalized spacial score (nSPS) is 17.9. The van der Waals surface area contributed by atoms with Gasteiger partial charge in [0.1, 0.15) is 0 Å². The van der Waals surface area contributed by atoms with Crippen LogP contribution in [0.15, 0.2) is 54.2 Å². The number of ether oxygens (including phenoxy) is 1. The number of nitrogens with zero attached hydrogens (tertiary/aromatic N) is 4. The second kappa shape index (κ2) is 9.14. The maximum atomic E-state index is 5.92. The van der Waals surface area contributed by atoms with E-state index in [0.29, 0.717) is 5.82 Å². The van der Waals surface area contributed by atoms with Crippen molar-refractivity contribution >= 4 is 11.3 Å². The fraction of sp³-hybridized carbons (Fsp3) is 0.350. The summed E-state index contributed by atoms with van der Waals surface area (Å²) < 4.78 is 5.92. The third-order valence-electron chi connectivity index (χ3n) is 4.46. The van der Waals surface area contributed by atoms with Gasteiger partial charge >= 0.3 is 0 Å². The van der Waals surface area contributed by atoms with E-state index in [1.807, 2.05) is 6.07 Å². The predicted molar refractivity (Wildman–Crippen MR) is 106 cm³/mol. The lowest BCUT2D eigenvalue weighted by Crippen LogP contribution is -2.46. The van der Waals surface area contributed by atoms with Crippen molar-refractivity contribution in [3.8, 4) is 10.8 Å². The van der Waals surface area contributed by atoms with Gasteiger partial charge < -0.3 is 10.1 Å². The largest absolute Gasteiger partial charge is 0.374 e. The van der Waals surface area contributed by atoms with Crippen LogP contribution in [0, 0.1) is 0 Å². The third kappa shape index (κ3) is 5.17. The summed E-state index contributed by atoms with van der Waals surface area (Å²) in [5.74, 6) is 0.681. The first-order chi connectivity index (χ1) is 13.4. The zero-order valence-electron chi connectivity index (χ0n) is 15.1. The van der Waals surface area contributed by atoms with E-state index in [0.717, 1.165) is 50.0 Å². The van der Waals surface area contributed by atoms with E-state index < -0.39 is 0 Å². The molecule has 27 heavy (non-hydrogen) atoms. The van der Waals surface area contributed by atoms with Gasteiger partial charge in [-0.15, -0.1) is 11.3 Å². The van der Waals surface area contributed by atoms with Crippen LogP contribution in [0.25, 0.3) is 10.8 Å². The molecule has 7 heteroatoms. The minimum Gasteiger partial charge on any atom is -0.374 e. The van der Waals surface area contributed by atoms with E-state index in [2.05, 4.69) is 60.9 Å². The molecule has 1 aliphatic rings. The molecule has 0 bridgehead atoms. The van der Waals surface area contributed by atoms with Gasteiger partial charge in [0.2, 0.25) is 0 Å². The van der Waals surface area contributed by atoms with Gasteiger partial charge in [0, 0.05) is 50.5 Å². The number of thiazole rings is 1. The van der Waals surface area contributed by atoms with Gasteiger partial charge in [0.05, 0.1) is 18.4 Å². The van der Waals surface area contributed by atoms with Gasteiger partial charge in [-0.05, 0) is 11.6 Å². The van der Waals surface area contributed by atoms with Crippen molar-refractivity contribution in [1.29, 1.82) is 0 Å². The number of hydrogen-bond donors (Lipinski definition) is 1. The lowest BCUT2D eigenvalue weighted by Gasteiger charge is -2.33. The molecule has 1 saturated heterocycles. The predicted octanol–water partition coefficient (Wildman–Crippen LogP) is 2.59. The molecule has 0 unspecified atom stereocenters. The van der Waals surface area contributed by atoms with Crippen molar-refractivity contribution < 1.29 is 4.74 Å². The van der Waals surface area contributed by atoms with Gasteiger partial charge in [-0.3, -0.25) is 4.90 Å². The molecule has 0 saturated carbocycles. The molecular formula is C20H23N5OS. The van der Waals surface area contributed by atoms with E-state index in [1.165, 1.54) is 5.56 Å². The topological polar surface area (TPSA) is 63.2 Å². The van der Waals surface area contributed by atoms with E-state index in [1.54, 1.807) is 23.7 Å². The summed E-state index contributed by atoms with van der Waals surface area (Å²) in [4.78, 5) is 15.6. The summed E-state index contributed by atoms with van der Waals surface area (Å²) in [5.41, 5.74) is 2.36. The molecule has 1 atom stereocenters. The third-order valence-corrected chi connectivity index (χ3v) is 5.35. The molecule has 6 nitrogen and oxygen atoms in total. The van der Waals surface area contributed by atoms with E-state index in [-0.39, 0.29) is 6.10 Å². The highest BCUT2D eigenvalue weighted by molar-refractivity contribution is 7.13. The highest BCUT2D eigenvalue weighted by Gasteiger charge is 2.20. The van der Waals surface area contributed by atoms with Gasteiger partial charge in [-0.2, -0.15) is 0 Å². The molecule has 1 N–H and O–H groups in total. The van der Waals surface area contributed by atoms with Crippen molar-refractivity contribution in [2.24, 2.45) is 0 Å². The van der Waals surface area contributed by atoms with E-state index in [4.69, 9.17) is 4.74 Å². The van der Waals surface area contributed by atoms with E-state index in [9.17, 15) is 0 Å². The van der Waals surface area contributed by atoms with Crippen LogP contribution in [0.5, 0.6) is 0 Å². The minimum atomic E-state index is 0.207. The van der Waals surface area contributed by atoms with Crippen LogP contribution in [-0.2, 0) is 17.8 Å². The zero-order valence-corrected chi connectivity index (χ0v) is 15.9. The molecular weight excluding hydrogens is 358 g/mol. The molecule has 4 rings (SSSR count). The van der Waals surface area contributed by atoms with Gasteiger partial charge in [0.15, 0.2) is 10.8 Å². The summed E-state index contributed by atoms with van der Waals surface area (Å²) in [6, 6.07) is 12.4. The van der Waals surface area contributed by atoms with Gasteiger partial charge in [0.25, 0.3) is 0 Å². The van der Waals surface area contributed by atoms with Crippen LogP contribution in [0.4, 0.5) is 0 Å². The summed E-state index contributed by atoms with van der Waals surface area (Å²) >= 11 is 1.57. The van der Waals surface area contributed by atoms with Crippen LogP contribution >= 0.6 is 11.3 Å². The molecule has 0 spiro atoms. The zero-order chi connectivity index (χ0) is 18.3. The van der Waals surface area contributed by atoms with Crippen molar-refractivity contribution in [3.05, 3.63) is 65.4 Å². The standard InChI is InChI=1S/C20H23N5OS/c1-2-5-16(6-3-1)13-25-9-10-26-18(14-25)12-21-11-17-15-27-20(24-17)19-22-7-4-8-23-19/h1-8,15,18,21H,9-14H2/t18-/m1/s1. The summed E-state index contributed by atoms with van der Waals surface area (Å²) in [6.07, 6.45) is 3.69. The fourth-order valence-corrected chi connectivity index (χ4v) is 3.92. The van der Waals surface area contributed by atoms with Crippen LogP contribution < -0.4 is 5.32 Å². The Morgan fingerprint density at radius 2 is 2.00 bits per heavy atom. The van der Waals surface area contributed by atoms with Crippen LogP contribution in [0.3, 0.4) is 0 Å². The molecule has 1 fully saturated rings. The molecule has 0 radical (unpaired) electrons. The number of benzene rings is 1. The lowest BCUT2D eigenvalue weighted by atomic mass is 10.2. The van der Waals surface area contributed by atoms with Crippen LogP contribution in [-0.4, -0.2) is 52.2 Å². The second-order valence-electron chi connectivity index (χ2n) is 6.56. The Hall–Kier alpha value is -2.19. The van der Waals surface area contributed by atoms with Crippen molar-refractivity contribution in [1.82, 2.24) is 25.2 Å². The molecule has 140 valence electrons. The molecule has 2 aromatic heterocycles. The number of rotatable bonds is 7. The first-order valence-corrected chi connectivity index (χ1v) is 10.1. The Morgan fingerprint density at radius 1 is 1.15 bits per heavy atom. The number of aromatic nitrogens is 3. The molecule has 1 aliphatic heterocycles. The minimum absolute atomic E-state index is 0.207. The monoisotopic (exact) mass is 381 g/mol. The van der Waals surface area contributed by atoms with Crippen LogP contribution in [0.2, 0.25) is 0 Å². The van der Waals surface area contributed by atoms with Crippen molar-refractivity contribution in [2.75, 3.05) is 26.2 Å². The Kier molecular flexibility index (Phi) is 6.16. The average molecular weight is 382 g/mol. The Balaban J connectivity index is 1.24. The first-order valence-electron chi connectivity index (χ1n) is 9.17. The summed E-state index contributed by atoms with van der Waals surface area (Å²) in [7, 11) is 0. The number of morpholine rings is 1. The smallest absolute Gasteiger partial charge is 0.188 e. The summed E-state index contributed by atoms with van der Waals surface area (Å²) in [5, 5.41) is 6.39. The lowest BCUT2D eigenvalue weighted by molar-refractivity contribution is -0.0300. The number of hydrogen-bond acceptors (Lipinski definition) is 7.